The standard InChI is InChI=1S/C24H27NO6S/c1-13-16(7-8-21(26)25-15-9-10-32(28,29)12-15)24(27)31-22-14(2)23-19(11-18(13)22)17-5-3-4-6-20(17)30-23/h11,15H,3-10,12H2,1-2H3,(H,25,26)/t15-/m0/s1. The van der Waals surface area contributed by atoms with Crippen LogP contribution in [0.3, 0.4) is 0 Å². The van der Waals surface area contributed by atoms with Gasteiger partial charge in [0.2, 0.25) is 5.91 Å². The van der Waals surface area contributed by atoms with Crippen LogP contribution in [0.1, 0.15) is 53.7 Å². The number of fused-ring (bicyclic) bond motifs is 4. The third-order valence-corrected chi connectivity index (χ3v) is 8.69. The second-order valence-corrected chi connectivity index (χ2v) is 11.4. The van der Waals surface area contributed by atoms with E-state index in [1.165, 1.54) is 5.56 Å². The van der Waals surface area contributed by atoms with Gasteiger partial charge in [0.1, 0.15) is 16.9 Å². The summed E-state index contributed by atoms with van der Waals surface area (Å²) in [5.41, 5.74) is 4.30. The summed E-state index contributed by atoms with van der Waals surface area (Å²) in [5.74, 6) is 0.883. The number of sulfone groups is 1. The predicted molar refractivity (Wildman–Crippen MR) is 122 cm³/mol. The van der Waals surface area contributed by atoms with Crippen LogP contribution in [0.4, 0.5) is 0 Å². The molecule has 32 heavy (non-hydrogen) atoms. The summed E-state index contributed by atoms with van der Waals surface area (Å²) < 4.78 is 35.0. The molecule has 0 saturated carbocycles. The van der Waals surface area contributed by atoms with E-state index in [1.807, 2.05) is 13.8 Å². The Hall–Kier alpha value is -2.61. The Bertz CT molecular complexity index is 1410. The first kappa shape index (κ1) is 21.2. The predicted octanol–water partition coefficient (Wildman–Crippen LogP) is 3.27. The highest BCUT2D eigenvalue weighted by Crippen LogP contribution is 2.38. The molecule has 1 aromatic carbocycles. The second kappa shape index (κ2) is 7.76. The maximum Gasteiger partial charge on any atom is 0.339 e. The largest absolute Gasteiger partial charge is 0.460 e. The molecule has 3 aromatic rings. The van der Waals surface area contributed by atoms with E-state index in [1.54, 1.807) is 0 Å². The van der Waals surface area contributed by atoms with Crippen LogP contribution in [-0.4, -0.2) is 31.9 Å². The van der Waals surface area contributed by atoms with Crippen LogP contribution >= 0.6 is 0 Å². The van der Waals surface area contributed by atoms with Crippen molar-refractivity contribution >= 4 is 37.7 Å². The molecule has 1 atom stereocenters. The summed E-state index contributed by atoms with van der Waals surface area (Å²) in [6.07, 6.45) is 4.99. The second-order valence-electron chi connectivity index (χ2n) is 9.13. The molecule has 1 amide bonds. The molecule has 8 heteroatoms. The molecule has 0 bridgehead atoms. The van der Waals surface area contributed by atoms with E-state index in [0.717, 1.165) is 58.9 Å². The van der Waals surface area contributed by atoms with Crippen LogP contribution in [0.25, 0.3) is 21.9 Å². The van der Waals surface area contributed by atoms with Gasteiger partial charge in [0.15, 0.2) is 9.84 Å². The number of carbonyl (C=O) groups excluding carboxylic acids is 1. The Balaban J connectivity index is 1.45. The van der Waals surface area contributed by atoms with E-state index >= 15 is 0 Å². The molecule has 0 radical (unpaired) electrons. The number of hydrogen-bond acceptors (Lipinski definition) is 6. The number of aryl methyl sites for hydroxylation is 4. The Labute approximate surface area is 186 Å². The third-order valence-electron chi connectivity index (χ3n) is 6.92. The van der Waals surface area contributed by atoms with Crippen LogP contribution in [0, 0.1) is 13.8 Å². The summed E-state index contributed by atoms with van der Waals surface area (Å²) in [4.78, 5) is 25.1. The molecule has 170 valence electrons. The molecule has 3 heterocycles. The normalized spacial score (nSPS) is 20.0. The van der Waals surface area contributed by atoms with Crippen molar-refractivity contribution in [3.63, 3.8) is 0 Å². The lowest BCUT2D eigenvalue weighted by Gasteiger charge is -2.12. The highest BCUT2D eigenvalue weighted by atomic mass is 32.2. The molecule has 7 nitrogen and oxygen atoms in total. The maximum absolute atomic E-state index is 12.8. The van der Waals surface area contributed by atoms with E-state index < -0.39 is 15.5 Å². The number of rotatable bonds is 4. The molecule has 1 saturated heterocycles. The zero-order chi connectivity index (χ0) is 22.6. The molecular formula is C24H27NO6S. The number of carbonyl (C=O) groups is 1. The van der Waals surface area contributed by atoms with Crippen molar-refractivity contribution in [1.29, 1.82) is 0 Å². The fourth-order valence-corrected chi connectivity index (χ4v) is 6.83. The number of hydrogen-bond donors (Lipinski definition) is 1. The Morgan fingerprint density at radius 3 is 2.59 bits per heavy atom. The summed E-state index contributed by atoms with van der Waals surface area (Å²) in [6.45, 7) is 3.82. The molecule has 1 N–H and O–H groups in total. The van der Waals surface area contributed by atoms with Crippen LogP contribution in [0.5, 0.6) is 0 Å². The van der Waals surface area contributed by atoms with Crippen molar-refractivity contribution < 1.29 is 22.0 Å². The van der Waals surface area contributed by atoms with Gasteiger partial charge in [-0.15, -0.1) is 0 Å². The van der Waals surface area contributed by atoms with Crippen LogP contribution < -0.4 is 10.9 Å². The van der Waals surface area contributed by atoms with Crippen molar-refractivity contribution in [2.75, 3.05) is 11.5 Å². The molecule has 5 rings (SSSR count). The van der Waals surface area contributed by atoms with E-state index in [9.17, 15) is 18.0 Å². The molecule has 1 aliphatic carbocycles. The smallest absolute Gasteiger partial charge is 0.339 e. The van der Waals surface area contributed by atoms with Crippen LogP contribution in [-0.2, 0) is 33.9 Å². The highest BCUT2D eigenvalue weighted by Gasteiger charge is 2.29. The summed E-state index contributed by atoms with van der Waals surface area (Å²) in [5, 5.41) is 4.75. The zero-order valence-corrected chi connectivity index (χ0v) is 19.2. The van der Waals surface area contributed by atoms with Gasteiger partial charge in [0.25, 0.3) is 0 Å². The summed E-state index contributed by atoms with van der Waals surface area (Å²) >= 11 is 0. The minimum absolute atomic E-state index is 0.0137. The van der Waals surface area contributed by atoms with E-state index in [4.69, 9.17) is 8.83 Å². The Kier molecular flexibility index (Phi) is 5.15. The van der Waals surface area contributed by atoms with Crippen molar-refractivity contribution in [1.82, 2.24) is 5.32 Å². The minimum atomic E-state index is -3.06. The first-order valence-corrected chi connectivity index (χ1v) is 13.1. The van der Waals surface area contributed by atoms with E-state index in [-0.39, 0.29) is 36.3 Å². The summed E-state index contributed by atoms with van der Waals surface area (Å²) in [7, 11) is -3.06. The van der Waals surface area contributed by atoms with Gasteiger partial charge >= 0.3 is 5.63 Å². The average molecular weight is 458 g/mol. The lowest BCUT2D eigenvalue weighted by molar-refractivity contribution is -0.121. The molecule has 2 aliphatic rings. The molecule has 1 fully saturated rings. The number of furan rings is 1. The molecule has 0 spiro atoms. The van der Waals surface area contributed by atoms with Gasteiger partial charge in [-0.2, -0.15) is 0 Å². The van der Waals surface area contributed by atoms with Gasteiger partial charge in [0.05, 0.1) is 11.5 Å². The van der Waals surface area contributed by atoms with E-state index in [2.05, 4.69) is 11.4 Å². The first-order chi connectivity index (χ1) is 15.2. The van der Waals surface area contributed by atoms with Crippen LogP contribution in [0.15, 0.2) is 19.7 Å². The topological polar surface area (TPSA) is 107 Å². The maximum atomic E-state index is 12.8. The van der Waals surface area contributed by atoms with Gasteiger partial charge in [-0.1, -0.05) is 0 Å². The zero-order valence-electron chi connectivity index (χ0n) is 18.4. The van der Waals surface area contributed by atoms with Gasteiger partial charge in [-0.3, -0.25) is 4.79 Å². The van der Waals surface area contributed by atoms with Crippen molar-refractivity contribution in [2.45, 2.75) is 64.8 Å². The fraction of sp³-hybridized carbons (Fsp3) is 0.500. The van der Waals surface area contributed by atoms with Crippen molar-refractivity contribution in [3.05, 3.63) is 44.5 Å². The van der Waals surface area contributed by atoms with Gasteiger partial charge in [-0.25, -0.2) is 13.2 Å². The lowest BCUT2D eigenvalue weighted by atomic mass is 9.93. The molecular weight excluding hydrogens is 430 g/mol. The van der Waals surface area contributed by atoms with Crippen LogP contribution in [0.2, 0.25) is 0 Å². The molecule has 2 aromatic heterocycles. The summed E-state index contributed by atoms with van der Waals surface area (Å²) in [6, 6.07) is 1.72. The SMILES string of the molecule is Cc1c(CCC(=O)N[C@H]2CCS(=O)(=O)C2)c(=O)oc2c(C)c3oc4c(c3cc12)CCCC4. The van der Waals surface area contributed by atoms with Crippen molar-refractivity contribution in [2.24, 2.45) is 0 Å². The monoisotopic (exact) mass is 457 g/mol. The molecule has 0 unspecified atom stereocenters. The number of benzene rings is 1. The first-order valence-electron chi connectivity index (χ1n) is 11.2. The van der Waals surface area contributed by atoms with Gasteiger partial charge in [0, 0.05) is 46.3 Å². The third kappa shape index (κ3) is 3.64. The van der Waals surface area contributed by atoms with Gasteiger partial charge < -0.3 is 14.2 Å². The highest BCUT2D eigenvalue weighted by molar-refractivity contribution is 7.91. The van der Waals surface area contributed by atoms with Gasteiger partial charge in [-0.05, 0) is 57.6 Å². The van der Waals surface area contributed by atoms with E-state index in [0.29, 0.717) is 17.6 Å². The molecule has 1 aliphatic heterocycles. The average Bonchev–Trinajstić information content (AvgIpc) is 3.28. The quantitative estimate of drug-likeness (QED) is 0.603. The number of amides is 1. The number of nitrogens with one attached hydrogen (secondary N) is 1. The van der Waals surface area contributed by atoms with Crippen molar-refractivity contribution in [3.8, 4) is 0 Å². The lowest BCUT2D eigenvalue weighted by Crippen LogP contribution is -2.35. The minimum Gasteiger partial charge on any atom is -0.460 e. The Morgan fingerprint density at radius 1 is 1.09 bits per heavy atom. The Morgan fingerprint density at radius 2 is 1.84 bits per heavy atom. The fourth-order valence-electron chi connectivity index (χ4n) is 5.15.